The summed E-state index contributed by atoms with van der Waals surface area (Å²) in [4.78, 5) is 26.6. The van der Waals surface area contributed by atoms with E-state index in [9.17, 15) is 9.59 Å². The number of piperidine rings is 1. The van der Waals surface area contributed by atoms with Gasteiger partial charge in [-0.3, -0.25) is 4.79 Å². The molecule has 142 valence electrons. The molecule has 1 aliphatic heterocycles. The Morgan fingerprint density at radius 3 is 2.44 bits per heavy atom. The second-order valence-corrected chi connectivity index (χ2v) is 6.72. The van der Waals surface area contributed by atoms with Gasteiger partial charge >= 0.3 is 6.03 Å². The Bertz CT molecular complexity index is 800. The average molecular weight is 367 g/mol. The zero-order chi connectivity index (χ0) is 19.2. The molecule has 1 fully saturated rings. The maximum absolute atomic E-state index is 12.5. The van der Waals surface area contributed by atoms with Gasteiger partial charge in [-0.2, -0.15) is 0 Å². The van der Waals surface area contributed by atoms with Crippen LogP contribution in [0.15, 0.2) is 48.5 Å². The number of amides is 3. The van der Waals surface area contributed by atoms with Gasteiger partial charge in [-0.05, 0) is 49.6 Å². The molecule has 1 aliphatic rings. The Morgan fingerprint density at radius 1 is 1.07 bits per heavy atom. The van der Waals surface area contributed by atoms with Crippen LogP contribution in [0.1, 0.15) is 28.8 Å². The normalized spacial score (nSPS) is 14.5. The first-order chi connectivity index (χ1) is 13.1. The van der Waals surface area contributed by atoms with E-state index >= 15 is 0 Å². The number of hydrogen-bond donors (Lipinski definition) is 2. The summed E-state index contributed by atoms with van der Waals surface area (Å²) in [5, 5.41) is 5.96. The van der Waals surface area contributed by atoms with E-state index in [1.807, 2.05) is 43.3 Å². The van der Waals surface area contributed by atoms with Crippen LogP contribution in [0.5, 0.6) is 5.75 Å². The van der Waals surface area contributed by atoms with E-state index in [1.165, 1.54) is 0 Å². The summed E-state index contributed by atoms with van der Waals surface area (Å²) in [5.74, 6) is 0.593. The third-order valence-electron chi connectivity index (χ3n) is 4.81. The monoisotopic (exact) mass is 367 g/mol. The summed E-state index contributed by atoms with van der Waals surface area (Å²) >= 11 is 0. The van der Waals surface area contributed by atoms with Gasteiger partial charge in [0.1, 0.15) is 5.75 Å². The topological polar surface area (TPSA) is 70.7 Å². The number of aryl methyl sites for hydroxylation is 1. The van der Waals surface area contributed by atoms with E-state index in [-0.39, 0.29) is 18.0 Å². The number of rotatable bonds is 4. The zero-order valence-corrected chi connectivity index (χ0v) is 15.7. The molecule has 0 unspecified atom stereocenters. The minimum Gasteiger partial charge on any atom is -0.496 e. The van der Waals surface area contributed by atoms with Crippen molar-refractivity contribution in [3.8, 4) is 5.75 Å². The van der Waals surface area contributed by atoms with Crippen molar-refractivity contribution in [3.05, 3.63) is 59.7 Å². The fraction of sp³-hybridized carbons (Fsp3) is 0.333. The van der Waals surface area contributed by atoms with Crippen molar-refractivity contribution in [2.75, 3.05) is 25.5 Å². The number of nitrogens with one attached hydrogen (secondary N) is 2. The lowest BCUT2D eigenvalue weighted by Gasteiger charge is -2.32. The van der Waals surface area contributed by atoms with Crippen LogP contribution < -0.4 is 15.4 Å². The molecule has 3 rings (SSSR count). The highest BCUT2D eigenvalue weighted by molar-refractivity contribution is 5.95. The van der Waals surface area contributed by atoms with Crippen LogP contribution in [0.3, 0.4) is 0 Å². The summed E-state index contributed by atoms with van der Waals surface area (Å²) < 4.78 is 5.28. The number of para-hydroxylation sites is 1. The van der Waals surface area contributed by atoms with Crippen LogP contribution in [-0.2, 0) is 0 Å². The minimum absolute atomic E-state index is 0.0607. The number of likely N-dealkylation sites (tertiary alicyclic amines) is 1. The van der Waals surface area contributed by atoms with Crippen LogP contribution in [-0.4, -0.2) is 43.1 Å². The van der Waals surface area contributed by atoms with Gasteiger partial charge in [0.2, 0.25) is 0 Å². The predicted octanol–water partition coefficient (Wildman–Crippen LogP) is 3.43. The summed E-state index contributed by atoms with van der Waals surface area (Å²) in [6.07, 6.45) is 1.47. The van der Waals surface area contributed by atoms with Gasteiger partial charge in [0.05, 0.1) is 7.11 Å². The van der Waals surface area contributed by atoms with Gasteiger partial charge in [-0.15, -0.1) is 0 Å². The minimum atomic E-state index is -0.111. The number of urea groups is 1. The Balaban J connectivity index is 1.50. The van der Waals surface area contributed by atoms with Crippen molar-refractivity contribution >= 4 is 17.6 Å². The Labute approximate surface area is 159 Å². The van der Waals surface area contributed by atoms with Crippen LogP contribution in [0.25, 0.3) is 0 Å². The smallest absolute Gasteiger partial charge is 0.321 e. The van der Waals surface area contributed by atoms with Gasteiger partial charge < -0.3 is 20.3 Å². The number of hydrogen-bond acceptors (Lipinski definition) is 3. The predicted molar refractivity (Wildman–Crippen MR) is 105 cm³/mol. The average Bonchev–Trinajstić information content (AvgIpc) is 2.69. The molecule has 2 aromatic carbocycles. The Hall–Kier alpha value is -3.02. The number of ether oxygens (including phenoxy) is 1. The summed E-state index contributed by atoms with van der Waals surface area (Å²) in [6, 6.07) is 14.8. The second kappa shape index (κ2) is 8.58. The van der Waals surface area contributed by atoms with E-state index in [1.54, 1.807) is 24.1 Å². The number of methoxy groups -OCH3 is 1. The molecular formula is C21H25N3O3. The third kappa shape index (κ3) is 4.78. The lowest BCUT2D eigenvalue weighted by atomic mass is 10.0. The fourth-order valence-corrected chi connectivity index (χ4v) is 3.18. The van der Waals surface area contributed by atoms with Gasteiger partial charge in [0, 0.05) is 30.4 Å². The lowest BCUT2D eigenvalue weighted by Crippen LogP contribution is -2.47. The first-order valence-electron chi connectivity index (χ1n) is 9.13. The summed E-state index contributed by atoms with van der Waals surface area (Å²) in [7, 11) is 1.60. The highest BCUT2D eigenvalue weighted by Crippen LogP contribution is 2.20. The first kappa shape index (κ1) is 18.8. The quantitative estimate of drug-likeness (QED) is 0.870. The van der Waals surface area contributed by atoms with Crippen molar-refractivity contribution < 1.29 is 14.3 Å². The van der Waals surface area contributed by atoms with Crippen LogP contribution in [0.4, 0.5) is 10.5 Å². The molecular weight excluding hydrogens is 342 g/mol. The molecule has 27 heavy (non-hydrogen) atoms. The lowest BCUT2D eigenvalue weighted by molar-refractivity contribution is 0.0919. The molecule has 6 heteroatoms. The Kier molecular flexibility index (Phi) is 5.96. The van der Waals surface area contributed by atoms with Crippen molar-refractivity contribution in [1.82, 2.24) is 10.2 Å². The molecule has 6 nitrogen and oxygen atoms in total. The third-order valence-corrected chi connectivity index (χ3v) is 4.81. The molecule has 2 N–H and O–H groups in total. The highest BCUT2D eigenvalue weighted by Gasteiger charge is 2.24. The molecule has 0 bridgehead atoms. The Morgan fingerprint density at radius 2 is 1.78 bits per heavy atom. The van der Waals surface area contributed by atoms with Gasteiger partial charge in [0.25, 0.3) is 5.91 Å². The largest absolute Gasteiger partial charge is 0.496 e. The number of nitrogens with zero attached hydrogens (tertiary/aromatic N) is 1. The van der Waals surface area contributed by atoms with E-state index in [0.29, 0.717) is 24.4 Å². The molecule has 0 aromatic heterocycles. The molecule has 0 saturated carbocycles. The van der Waals surface area contributed by atoms with Gasteiger partial charge in [-0.1, -0.05) is 24.3 Å². The van der Waals surface area contributed by atoms with Crippen molar-refractivity contribution in [3.63, 3.8) is 0 Å². The molecule has 1 saturated heterocycles. The van der Waals surface area contributed by atoms with E-state index in [2.05, 4.69) is 10.6 Å². The number of benzene rings is 2. The van der Waals surface area contributed by atoms with Gasteiger partial charge in [-0.25, -0.2) is 4.79 Å². The molecule has 2 aromatic rings. The molecule has 0 spiro atoms. The second-order valence-electron chi connectivity index (χ2n) is 6.72. The molecule has 1 heterocycles. The van der Waals surface area contributed by atoms with Crippen LogP contribution >= 0.6 is 0 Å². The maximum Gasteiger partial charge on any atom is 0.321 e. The van der Waals surface area contributed by atoms with E-state index in [4.69, 9.17) is 4.74 Å². The van der Waals surface area contributed by atoms with E-state index in [0.717, 1.165) is 24.1 Å². The van der Waals surface area contributed by atoms with Crippen molar-refractivity contribution in [1.29, 1.82) is 0 Å². The SMILES string of the molecule is COc1cc(C(=O)NC2CCN(C(=O)Nc3ccccc3)CC2)ccc1C. The van der Waals surface area contributed by atoms with Gasteiger partial charge in [0.15, 0.2) is 0 Å². The summed E-state index contributed by atoms with van der Waals surface area (Å²) in [5.41, 5.74) is 2.36. The fourth-order valence-electron chi connectivity index (χ4n) is 3.18. The number of anilines is 1. The molecule has 3 amide bonds. The first-order valence-corrected chi connectivity index (χ1v) is 9.13. The number of carbonyl (C=O) groups excluding carboxylic acids is 2. The maximum atomic E-state index is 12.5. The number of carbonyl (C=O) groups is 2. The highest BCUT2D eigenvalue weighted by atomic mass is 16.5. The van der Waals surface area contributed by atoms with Crippen molar-refractivity contribution in [2.45, 2.75) is 25.8 Å². The van der Waals surface area contributed by atoms with E-state index < -0.39 is 0 Å². The van der Waals surface area contributed by atoms with Crippen molar-refractivity contribution in [2.24, 2.45) is 0 Å². The molecule has 0 radical (unpaired) electrons. The zero-order valence-electron chi connectivity index (χ0n) is 15.7. The standard InChI is InChI=1S/C21H25N3O3/c1-15-8-9-16(14-19(15)27-2)20(25)22-18-10-12-24(13-11-18)21(26)23-17-6-4-3-5-7-17/h3-9,14,18H,10-13H2,1-2H3,(H,22,25)(H,23,26). The molecule has 0 atom stereocenters. The van der Waals surface area contributed by atoms with Crippen LogP contribution in [0.2, 0.25) is 0 Å². The molecule has 0 aliphatic carbocycles. The van der Waals surface area contributed by atoms with Crippen LogP contribution in [0, 0.1) is 6.92 Å². The summed E-state index contributed by atoms with van der Waals surface area (Å²) in [6.45, 7) is 3.17.